The van der Waals surface area contributed by atoms with Gasteiger partial charge in [0.2, 0.25) is 0 Å². The van der Waals surface area contributed by atoms with Crippen LogP contribution in [0.1, 0.15) is 16.0 Å². The molecule has 2 heterocycles. The van der Waals surface area contributed by atoms with Gasteiger partial charge in [-0.3, -0.25) is 14.9 Å². The molecule has 0 radical (unpaired) electrons. The van der Waals surface area contributed by atoms with E-state index in [-0.39, 0.29) is 5.00 Å². The molecule has 146 valence electrons. The summed E-state index contributed by atoms with van der Waals surface area (Å²) < 4.78 is 8.27. The Hall–Kier alpha value is -2.62. The van der Waals surface area contributed by atoms with E-state index in [4.69, 9.17) is 4.74 Å². The summed E-state index contributed by atoms with van der Waals surface area (Å²) in [4.78, 5) is 28.1. The molecule has 0 unspecified atom stereocenters. The molecule has 0 fully saturated rings. The van der Waals surface area contributed by atoms with Crippen molar-refractivity contribution in [3.63, 3.8) is 0 Å². The summed E-state index contributed by atoms with van der Waals surface area (Å²) in [6, 6.07) is 7.21. The van der Waals surface area contributed by atoms with E-state index >= 15 is 0 Å². The quantitative estimate of drug-likeness (QED) is 0.344. The van der Waals surface area contributed by atoms with Gasteiger partial charge in [-0.15, -0.1) is 0 Å². The molecular formula is C19H19N3O4S2. The van der Waals surface area contributed by atoms with Gasteiger partial charge in [0.05, 0.1) is 21.7 Å². The zero-order chi connectivity index (χ0) is 20.3. The number of ether oxygens (including phenoxy) is 1. The summed E-state index contributed by atoms with van der Waals surface area (Å²) in [6.45, 7) is 5.18. The van der Waals surface area contributed by atoms with E-state index in [1.54, 1.807) is 19.3 Å². The van der Waals surface area contributed by atoms with E-state index in [9.17, 15) is 14.9 Å². The van der Waals surface area contributed by atoms with Crippen molar-refractivity contribution >= 4 is 49.9 Å². The Labute approximate surface area is 169 Å². The third kappa shape index (κ3) is 4.44. The summed E-state index contributed by atoms with van der Waals surface area (Å²) in [5.74, 6) is -0.414. The van der Waals surface area contributed by atoms with Gasteiger partial charge in [0.15, 0.2) is 4.80 Å². The van der Waals surface area contributed by atoms with Gasteiger partial charge >= 0.3 is 5.00 Å². The van der Waals surface area contributed by atoms with E-state index in [2.05, 4.69) is 17.1 Å². The first-order chi connectivity index (χ1) is 13.4. The van der Waals surface area contributed by atoms with Gasteiger partial charge < -0.3 is 9.30 Å². The Morgan fingerprint density at radius 1 is 1.32 bits per heavy atom. The number of benzene rings is 1. The zero-order valence-electron chi connectivity index (χ0n) is 15.7. The fourth-order valence-electron chi connectivity index (χ4n) is 2.88. The highest BCUT2D eigenvalue weighted by molar-refractivity contribution is 7.16. The van der Waals surface area contributed by atoms with Crippen molar-refractivity contribution in [2.24, 2.45) is 4.99 Å². The Bertz CT molecular complexity index is 1140. The van der Waals surface area contributed by atoms with Crippen LogP contribution < -0.4 is 4.80 Å². The number of hydrogen-bond donors (Lipinski definition) is 0. The third-order valence-electron chi connectivity index (χ3n) is 4.02. The number of aromatic nitrogens is 1. The number of thiophene rings is 1. The van der Waals surface area contributed by atoms with Crippen LogP contribution in [0, 0.1) is 24.0 Å². The van der Waals surface area contributed by atoms with Crippen molar-refractivity contribution in [3.8, 4) is 0 Å². The van der Waals surface area contributed by atoms with Gasteiger partial charge in [-0.1, -0.05) is 28.7 Å². The van der Waals surface area contributed by atoms with Crippen molar-refractivity contribution < 1.29 is 14.5 Å². The molecule has 0 aliphatic carbocycles. The minimum Gasteiger partial charge on any atom is -0.383 e. The minimum absolute atomic E-state index is 0.0387. The largest absolute Gasteiger partial charge is 0.383 e. The number of rotatable bonds is 6. The first-order valence-electron chi connectivity index (χ1n) is 8.49. The summed E-state index contributed by atoms with van der Waals surface area (Å²) in [5.41, 5.74) is 3.33. The molecule has 9 heteroatoms. The van der Waals surface area contributed by atoms with E-state index in [1.807, 2.05) is 18.4 Å². The first-order valence-corrected chi connectivity index (χ1v) is 10.1. The Balaban J connectivity index is 1.97. The molecule has 0 aliphatic heterocycles. The topological polar surface area (TPSA) is 86.7 Å². The normalized spacial score (nSPS) is 12.3. The van der Waals surface area contributed by atoms with E-state index in [1.165, 1.54) is 23.5 Å². The monoisotopic (exact) mass is 417 g/mol. The summed E-state index contributed by atoms with van der Waals surface area (Å²) in [5, 5.41) is 10.8. The van der Waals surface area contributed by atoms with Gasteiger partial charge in [-0.2, -0.15) is 4.99 Å². The smallest absolute Gasteiger partial charge is 0.324 e. The number of carbonyl (C=O) groups excluding carboxylic acids is 1. The molecule has 0 saturated heterocycles. The second-order valence-corrected chi connectivity index (χ2v) is 8.28. The standard InChI is InChI=1S/C19H19N3O4S2/c1-12-10-13(2)18-15(11-12)28-19(21(18)8-9-26-3)20-16(23)6-4-14-5-7-17(27-14)22(24)25/h4-7,10-11H,8-9H2,1-3H3. The highest BCUT2D eigenvalue weighted by Gasteiger charge is 2.11. The molecule has 0 N–H and O–H groups in total. The van der Waals surface area contributed by atoms with Crippen LogP contribution in [0.3, 0.4) is 0 Å². The van der Waals surface area contributed by atoms with Crippen molar-refractivity contribution in [3.05, 3.63) is 61.3 Å². The zero-order valence-corrected chi connectivity index (χ0v) is 17.3. The number of nitrogens with zero attached hydrogens (tertiary/aromatic N) is 3. The lowest BCUT2D eigenvalue weighted by Gasteiger charge is -2.07. The third-order valence-corrected chi connectivity index (χ3v) is 6.05. The number of nitro groups is 1. The molecule has 1 aromatic carbocycles. The van der Waals surface area contributed by atoms with Crippen molar-refractivity contribution in [1.82, 2.24) is 4.57 Å². The first kappa shape index (κ1) is 20.1. The molecule has 1 amide bonds. The van der Waals surface area contributed by atoms with Crippen molar-refractivity contribution in [2.75, 3.05) is 13.7 Å². The number of methoxy groups -OCH3 is 1. The number of amides is 1. The van der Waals surface area contributed by atoms with Gasteiger partial charge in [-0.25, -0.2) is 0 Å². The Morgan fingerprint density at radius 3 is 2.79 bits per heavy atom. The highest BCUT2D eigenvalue weighted by atomic mass is 32.1. The van der Waals surface area contributed by atoms with Crippen LogP contribution >= 0.6 is 22.7 Å². The molecule has 3 aromatic rings. The average molecular weight is 418 g/mol. The molecule has 0 bridgehead atoms. The molecular weight excluding hydrogens is 398 g/mol. The van der Waals surface area contributed by atoms with E-state index in [0.29, 0.717) is 22.8 Å². The Morgan fingerprint density at radius 2 is 2.11 bits per heavy atom. The number of aryl methyl sites for hydroxylation is 2. The molecule has 0 spiro atoms. The van der Waals surface area contributed by atoms with E-state index in [0.717, 1.165) is 32.7 Å². The highest BCUT2D eigenvalue weighted by Crippen LogP contribution is 2.25. The van der Waals surface area contributed by atoms with Crippen LogP contribution in [-0.2, 0) is 16.1 Å². The van der Waals surface area contributed by atoms with Crippen LogP contribution in [0.2, 0.25) is 0 Å². The van der Waals surface area contributed by atoms with Crippen LogP contribution in [0.5, 0.6) is 0 Å². The number of thiazole rings is 1. The molecule has 0 aliphatic rings. The summed E-state index contributed by atoms with van der Waals surface area (Å²) >= 11 is 2.47. The van der Waals surface area contributed by atoms with Crippen LogP contribution in [0.4, 0.5) is 5.00 Å². The molecule has 0 saturated carbocycles. The SMILES string of the molecule is COCCn1c(=NC(=O)C=Cc2ccc([N+](=O)[O-])s2)sc2cc(C)cc(C)c21. The van der Waals surface area contributed by atoms with Gasteiger partial charge in [0.1, 0.15) is 0 Å². The van der Waals surface area contributed by atoms with Crippen LogP contribution in [0.15, 0.2) is 35.3 Å². The molecule has 0 atom stereocenters. The second kappa shape index (κ2) is 8.59. The summed E-state index contributed by atoms with van der Waals surface area (Å²) in [7, 11) is 1.64. The predicted octanol–water partition coefficient (Wildman–Crippen LogP) is 4.08. The predicted molar refractivity (Wildman–Crippen MR) is 112 cm³/mol. The van der Waals surface area contributed by atoms with E-state index < -0.39 is 10.8 Å². The van der Waals surface area contributed by atoms with Crippen molar-refractivity contribution in [2.45, 2.75) is 20.4 Å². The Kier molecular flexibility index (Phi) is 6.18. The fourth-order valence-corrected chi connectivity index (χ4v) is 4.84. The minimum atomic E-state index is -0.450. The van der Waals surface area contributed by atoms with Crippen LogP contribution in [-0.4, -0.2) is 29.1 Å². The van der Waals surface area contributed by atoms with Gasteiger partial charge in [-0.05, 0) is 43.2 Å². The summed E-state index contributed by atoms with van der Waals surface area (Å²) in [6.07, 6.45) is 2.88. The molecule has 7 nitrogen and oxygen atoms in total. The maximum Gasteiger partial charge on any atom is 0.324 e. The number of fused-ring (bicyclic) bond motifs is 1. The lowest BCUT2D eigenvalue weighted by atomic mass is 10.1. The van der Waals surface area contributed by atoms with Crippen molar-refractivity contribution in [1.29, 1.82) is 0 Å². The number of carbonyl (C=O) groups is 1. The maximum absolute atomic E-state index is 12.4. The number of hydrogen-bond acceptors (Lipinski definition) is 6. The lowest BCUT2D eigenvalue weighted by molar-refractivity contribution is -0.380. The molecule has 2 aromatic heterocycles. The maximum atomic E-state index is 12.4. The van der Waals surface area contributed by atoms with Crippen LogP contribution in [0.25, 0.3) is 16.3 Å². The second-order valence-electron chi connectivity index (χ2n) is 6.17. The molecule has 28 heavy (non-hydrogen) atoms. The lowest BCUT2D eigenvalue weighted by Crippen LogP contribution is -2.19. The van der Waals surface area contributed by atoms with Gasteiger partial charge in [0.25, 0.3) is 5.91 Å². The fraction of sp³-hybridized carbons (Fsp3) is 0.263. The molecule has 3 rings (SSSR count). The van der Waals surface area contributed by atoms with Gasteiger partial charge in [0, 0.05) is 30.7 Å². The average Bonchev–Trinajstić information content (AvgIpc) is 3.23.